The second-order valence-corrected chi connectivity index (χ2v) is 10.6. The molecule has 0 aliphatic carbocycles. The molecule has 183 valence electrons. The molecule has 0 saturated carbocycles. The minimum absolute atomic E-state index is 0. The van der Waals surface area contributed by atoms with Gasteiger partial charge in [0.2, 0.25) is 0 Å². The van der Waals surface area contributed by atoms with Gasteiger partial charge in [0.15, 0.2) is 0 Å². The normalized spacial score (nSPS) is 9.59. The molecule has 0 bridgehead atoms. The van der Waals surface area contributed by atoms with Gasteiger partial charge in [-0.2, -0.15) is 11.1 Å². The van der Waals surface area contributed by atoms with Crippen LogP contribution in [0.3, 0.4) is 0 Å². The number of hydrogen-bond acceptors (Lipinski definition) is 0. The van der Waals surface area contributed by atoms with Crippen molar-refractivity contribution in [1.82, 2.24) is 0 Å². The molecule has 0 aliphatic rings. The van der Waals surface area contributed by atoms with Crippen molar-refractivity contribution in [3.8, 4) is 0 Å². The average molecular weight is 559 g/mol. The quantitative estimate of drug-likeness (QED) is 0.252. The molecule has 0 amide bonds. The SMILES string of the molecule is CCCc1[cH-]c2ccccc2c1C.CCCc1[cH-]c2ccccc2c1C.CC[SiH]CC.[F-].[F-].[Zr+4]. The molecule has 4 aromatic carbocycles. The molecular weight excluding hydrogens is 518 g/mol. The Morgan fingerprint density at radius 3 is 1.24 bits per heavy atom. The third kappa shape index (κ3) is 9.70. The monoisotopic (exact) mass is 557 g/mol. The van der Waals surface area contributed by atoms with E-state index in [1.54, 1.807) is 0 Å². The van der Waals surface area contributed by atoms with Crippen LogP contribution in [0.25, 0.3) is 21.5 Å². The van der Waals surface area contributed by atoms with Gasteiger partial charge in [-0.1, -0.05) is 78.6 Å². The number of halogens is 2. The maximum atomic E-state index is 2.33. The molecule has 0 N–H and O–H groups in total. The van der Waals surface area contributed by atoms with Crippen LogP contribution < -0.4 is 9.41 Å². The first-order chi connectivity index (χ1) is 15.1. The standard InChI is InChI=1S/2C13H15.C4H11Si.2FH.Zr/c2*1-3-6-11-9-12-7-4-5-8-13(12)10(11)2;1-3-5-4-2;;;/h2*4-5,7-9H,3,6H2,1-2H3;5H,3-4H2,1-2H3;2*1H;/q2*-1;;;;+4/p-2. The second-order valence-electron chi connectivity index (χ2n) is 8.37. The van der Waals surface area contributed by atoms with E-state index in [-0.39, 0.29) is 35.6 Å². The van der Waals surface area contributed by atoms with Crippen molar-refractivity contribution in [3.05, 3.63) is 82.9 Å². The zero-order chi connectivity index (χ0) is 22.6. The summed E-state index contributed by atoms with van der Waals surface area (Å²) in [5, 5.41) is 5.63. The van der Waals surface area contributed by atoms with Gasteiger partial charge in [0.05, 0.1) is 0 Å². The van der Waals surface area contributed by atoms with E-state index in [9.17, 15) is 0 Å². The fraction of sp³-hybridized carbons (Fsp3) is 0.400. The summed E-state index contributed by atoms with van der Waals surface area (Å²) in [6.07, 6.45) is 4.88. The van der Waals surface area contributed by atoms with Gasteiger partial charge in [-0.25, -0.2) is 0 Å². The predicted molar refractivity (Wildman–Crippen MR) is 145 cm³/mol. The molecule has 0 fully saturated rings. The smallest absolute Gasteiger partial charge is 1.00 e. The Morgan fingerprint density at radius 1 is 0.618 bits per heavy atom. The third-order valence-electron chi connectivity index (χ3n) is 5.97. The van der Waals surface area contributed by atoms with Crippen LogP contribution in [0.4, 0.5) is 0 Å². The van der Waals surface area contributed by atoms with Crippen molar-refractivity contribution in [2.24, 2.45) is 0 Å². The first-order valence-corrected chi connectivity index (χ1v) is 13.8. The molecule has 0 heterocycles. The molecule has 4 heteroatoms. The van der Waals surface area contributed by atoms with Crippen molar-refractivity contribution in [1.29, 1.82) is 0 Å². The minimum Gasteiger partial charge on any atom is -1.00 e. The van der Waals surface area contributed by atoms with E-state index in [1.807, 2.05) is 0 Å². The molecule has 1 radical (unpaired) electrons. The number of benzene rings is 2. The Labute approximate surface area is 228 Å². The molecule has 0 unspecified atom stereocenters. The van der Waals surface area contributed by atoms with Crippen LogP contribution in [0.1, 0.15) is 62.8 Å². The zero-order valence-corrected chi connectivity index (χ0v) is 25.5. The summed E-state index contributed by atoms with van der Waals surface area (Å²) in [6, 6.07) is 24.8. The average Bonchev–Trinajstić information content (AvgIpc) is 3.27. The van der Waals surface area contributed by atoms with E-state index in [0.717, 1.165) is 9.52 Å². The van der Waals surface area contributed by atoms with Gasteiger partial charge in [-0.3, -0.25) is 0 Å². The van der Waals surface area contributed by atoms with Gasteiger partial charge in [-0.05, 0) is 12.8 Å². The van der Waals surface area contributed by atoms with E-state index in [1.165, 1.54) is 81.6 Å². The summed E-state index contributed by atoms with van der Waals surface area (Å²) in [5.41, 5.74) is 5.97. The summed E-state index contributed by atoms with van der Waals surface area (Å²) < 4.78 is 0. The number of rotatable bonds is 6. The molecule has 34 heavy (non-hydrogen) atoms. The molecule has 0 aromatic heterocycles. The van der Waals surface area contributed by atoms with Crippen molar-refractivity contribution >= 4 is 31.1 Å². The fourth-order valence-electron chi connectivity index (χ4n) is 4.21. The number of aryl methyl sites for hydroxylation is 4. The molecular formula is C30H41F2SiZr. The van der Waals surface area contributed by atoms with Gasteiger partial charge < -0.3 is 9.41 Å². The van der Waals surface area contributed by atoms with E-state index in [4.69, 9.17) is 0 Å². The van der Waals surface area contributed by atoms with E-state index >= 15 is 0 Å². The Kier molecular flexibility index (Phi) is 19.3. The van der Waals surface area contributed by atoms with Crippen molar-refractivity contribution in [2.45, 2.75) is 79.3 Å². The van der Waals surface area contributed by atoms with Crippen molar-refractivity contribution < 1.29 is 35.6 Å². The third-order valence-corrected chi connectivity index (χ3v) is 7.12. The van der Waals surface area contributed by atoms with Gasteiger partial charge in [-0.15, -0.1) is 81.2 Å². The maximum Gasteiger partial charge on any atom is 4.00 e. The van der Waals surface area contributed by atoms with E-state index < -0.39 is 0 Å². The summed E-state index contributed by atoms with van der Waals surface area (Å²) >= 11 is 0. The zero-order valence-electron chi connectivity index (χ0n) is 21.8. The van der Waals surface area contributed by atoms with Gasteiger partial charge >= 0.3 is 26.2 Å². The molecule has 0 saturated heterocycles. The Morgan fingerprint density at radius 2 is 0.971 bits per heavy atom. The first-order valence-electron chi connectivity index (χ1n) is 12.2. The number of fused-ring (bicyclic) bond motifs is 2. The van der Waals surface area contributed by atoms with Crippen LogP contribution in [0.2, 0.25) is 12.1 Å². The topological polar surface area (TPSA) is 0 Å². The molecule has 0 spiro atoms. The largest absolute Gasteiger partial charge is 4.00 e. The minimum atomic E-state index is 0. The van der Waals surface area contributed by atoms with Crippen LogP contribution in [0, 0.1) is 13.8 Å². The molecule has 0 aliphatic heterocycles. The Hall–Kier alpha value is -1.38. The summed E-state index contributed by atoms with van der Waals surface area (Å²) in [6.45, 7) is 13.4. The summed E-state index contributed by atoms with van der Waals surface area (Å²) in [7, 11) is 0.815. The van der Waals surface area contributed by atoms with Gasteiger partial charge in [0.25, 0.3) is 0 Å². The van der Waals surface area contributed by atoms with Crippen LogP contribution >= 0.6 is 0 Å². The predicted octanol–water partition coefficient (Wildman–Crippen LogP) is 2.94. The molecule has 4 rings (SSSR count). The van der Waals surface area contributed by atoms with Crippen molar-refractivity contribution in [2.75, 3.05) is 0 Å². The van der Waals surface area contributed by atoms with E-state index in [2.05, 4.69) is 102 Å². The van der Waals surface area contributed by atoms with E-state index in [0.29, 0.717) is 0 Å². The van der Waals surface area contributed by atoms with Crippen molar-refractivity contribution in [3.63, 3.8) is 0 Å². The summed E-state index contributed by atoms with van der Waals surface area (Å²) in [4.78, 5) is 0. The van der Waals surface area contributed by atoms with Gasteiger partial charge in [0, 0.05) is 9.52 Å². The molecule has 0 nitrogen and oxygen atoms in total. The molecule has 4 aromatic rings. The summed E-state index contributed by atoms with van der Waals surface area (Å²) in [5.74, 6) is 0. The van der Waals surface area contributed by atoms with Crippen LogP contribution in [-0.4, -0.2) is 9.52 Å². The Bertz CT molecular complexity index is 965. The van der Waals surface area contributed by atoms with Crippen LogP contribution in [0.5, 0.6) is 0 Å². The maximum absolute atomic E-state index is 2.33. The molecule has 0 atom stereocenters. The Balaban J connectivity index is 0. The number of hydrogen-bond donors (Lipinski definition) is 0. The fourth-order valence-corrected chi connectivity index (χ4v) is 4.79. The second kappa shape index (κ2) is 18.9. The van der Waals surface area contributed by atoms with Gasteiger partial charge in [0.1, 0.15) is 0 Å². The first kappa shape index (κ1) is 34.8. The van der Waals surface area contributed by atoms with Crippen LogP contribution in [0.15, 0.2) is 60.7 Å². The van der Waals surface area contributed by atoms with Crippen LogP contribution in [-0.2, 0) is 39.0 Å².